The molecule has 0 bridgehead atoms. The Morgan fingerprint density at radius 3 is 2.33 bits per heavy atom. The van der Waals surface area contributed by atoms with Crippen LogP contribution in [0.25, 0.3) is 0 Å². The Morgan fingerprint density at radius 2 is 1.81 bits per heavy atom. The minimum atomic E-state index is -1.41. The van der Waals surface area contributed by atoms with E-state index in [1.165, 1.54) is 0 Å². The summed E-state index contributed by atoms with van der Waals surface area (Å²) in [6.07, 6.45) is 11.1. The van der Waals surface area contributed by atoms with Crippen LogP contribution >= 0.6 is 0 Å². The molecule has 0 fully saturated rings. The molecule has 0 spiro atoms. The van der Waals surface area contributed by atoms with Gasteiger partial charge in [0.1, 0.15) is 6.07 Å². The summed E-state index contributed by atoms with van der Waals surface area (Å²) in [5, 5.41) is 30.0. The monoisotopic (exact) mass is 360 g/mol. The Bertz CT molecular complexity index is 818. The van der Waals surface area contributed by atoms with E-state index in [4.69, 9.17) is 5.73 Å². The van der Waals surface area contributed by atoms with E-state index >= 15 is 0 Å². The summed E-state index contributed by atoms with van der Waals surface area (Å²) in [6, 6.07) is 6.76. The fourth-order valence-corrected chi connectivity index (χ4v) is 5.36. The molecule has 0 aliphatic heterocycles. The molecule has 0 aromatic heterocycles. The second kappa shape index (κ2) is 6.90. The number of nitrogens with zero attached hydrogens (tertiary/aromatic N) is 3. The zero-order chi connectivity index (χ0) is 19.8. The van der Waals surface area contributed by atoms with E-state index in [0.29, 0.717) is 11.5 Å². The highest BCUT2D eigenvalue weighted by Crippen LogP contribution is 2.57. The molecule has 3 aliphatic carbocycles. The van der Waals surface area contributed by atoms with E-state index in [0.717, 1.165) is 37.7 Å². The Kier molecular flexibility index (Phi) is 4.92. The summed E-state index contributed by atoms with van der Waals surface area (Å²) in [7, 11) is 0. The van der Waals surface area contributed by atoms with Crippen molar-refractivity contribution in [2.24, 2.45) is 40.2 Å². The molecule has 27 heavy (non-hydrogen) atoms. The summed E-state index contributed by atoms with van der Waals surface area (Å²) < 4.78 is 0. The van der Waals surface area contributed by atoms with Gasteiger partial charge in [-0.15, -0.1) is 0 Å². The molecule has 140 valence electrons. The predicted molar refractivity (Wildman–Crippen MR) is 104 cm³/mol. The number of rotatable bonds is 1. The lowest BCUT2D eigenvalue weighted by Crippen LogP contribution is -2.49. The highest BCUT2D eigenvalue weighted by molar-refractivity contribution is 5.56. The molecule has 2 N–H and O–H groups in total. The van der Waals surface area contributed by atoms with Crippen LogP contribution in [-0.2, 0) is 0 Å². The summed E-state index contributed by atoms with van der Waals surface area (Å²) in [6.45, 7) is 6.73. The average molecular weight is 361 g/mol. The summed E-state index contributed by atoms with van der Waals surface area (Å²) in [4.78, 5) is 0. The first-order valence-electron chi connectivity index (χ1n) is 9.88. The molecule has 4 heteroatoms. The first kappa shape index (κ1) is 19.3. The van der Waals surface area contributed by atoms with Crippen LogP contribution in [-0.4, -0.2) is 0 Å². The zero-order valence-corrected chi connectivity index (χ0v) is 16.5. The molecular weight excluding hydrogens is 332 g/mol. The molecule has 0 radical (unpaired) electrons. The van der Waals surface area contributed by atoms with Crippen molar-refractivity contribution in [2.45, 2.75) is 52.9 Å². The predicted octanol–water partition coefficient (Wildman–Crippen LogP) is 4.74. The molecule has 0 aromatic carbocycles. The maximum atomic E-state index is 10.1. The molecule has 0 saturated heterocycles. The standard InChI is InChI=1S/C23H28N4/c1-22(2,3)16-9-10-17-18(11-16)20(15-7-5-4-6-8-15)23(13-25,14-26)21(27)19(17)12-24/h4-5,10,15-16,18,20H,6-9,11,27H2,1-3H3. The van der Waals surface area contributed by atoms with Gasteiger partial charge >= 0.3 is 0 Å². The van der Waals surface area contributed by atoms with Crippen molar-refractivity contribution in [3.63, 3.8) is 0 Å². The molecule has 0 amide bonds. The molecule has 0 aromatic rings. The van der Waals surface area contributed by atoms with Crippen LogP contribution in [0.1, 0.15) is 52.9 Å². The third-order valence-electron chi connectivity index (χ3n) is 6.98. The number of fused-ring (bicyclic) bond motifs is 1. The lowest BCUT2D eigenvalue weighted by molar-refractivity contribution is 0.0989. The Morgan fingerprint density at radius 1 is 1.11 bits per heavy atom. The van der Waals surface area contributed by atoms with Crippen molar-refractivity contribution in [1.82, 2.24) is 0 Å². The highest BCUT2D eigenvalue weighted by Gasteiger charge is 2.56. The van der Waals surface area contributed by atoms with E-state index in [1.807, 2.05) is 0 Å². The van der Waals surface area contributed by atoms with Gasteiger partial charge in [-0.2, -0.15) is 15.8 Å². The van der Waals surface area contributed by atoms with E-state index in [1.54, 1.807) is 0 Å². The molecule has 4 unspecified atom stereocenters. The second-order valence-corrected chi connectivity index (χ2v) is 9.30. The number of allylic oxidation sites excluding steroid dienone is 6. The fourth-order valence-electron chi connectivity index (χ4n) is 5.36. The number of hydrogen-bond donors (Lipinski definition) is 1. The fraction of sp³-hybridized carbons (Fsp3) is 0.609. The van der Waals surface area contributed by atoms with Gasteiger partial charge in [-0.25, -0.2) is 0 Å². The van der Waals surface area contributed by atoms with Gasteiger partial charge in [0.25, 0.3) is 0 Å². The zero-order valence-electron chi connectivity index (χ0n) is 16.5. The van der Waals surface area contributed by atoms with Gasteiger partial charge in [-0.1, -0.05) is 39.0 Å². The number of hydrogen-bond acceptors (Lipinski definition) is 4. The third kappa shape index (κ3) is 2.96. The van der Waals surface area contributed by atoms with Gasteiger partial charge in [0, 0.05) is 5.92 Å². The van der Waals surface area contributed by atoms with E-state index in [9.17, 15) is 15.8 Å². The van der Waals surface area contributed by atoms with Gasteiger partial charge in [-0.3, -0.25) is 0 Å². The van der Waals surface area contributed by atoms with Crippen LogP contribution < -0.4 is 5.73 Å². The Balaban J connectivity index is 2.20. The third-order valence-corrected chi connectivity index (χ3v) is 6.98. The van der Waals surface area contributed by atoms with Gasteiger partial charge in [-0.05, 0) is 60.8 Å². The van der Waals surface area contributed by atoms with E-state index in [-0.39, 0.29) is 28.9 Å². The number of nitriles is 3. The largest absolute Gasteiger partial charge is 0.399 e. The van der Waals surface area contributed by atoms with Crippen LogP contribution in [0, 0.1) is 68.5 Å². The minimum Gasteiger partial charge on any atom is -0.399 e. The van der Waals surface area contributed by atoms with E-state index < -0.39 is 5.41 Å². The normalized spacial score (nSPS) is 32.5. The van der Waals surface area contributed by atoms with Crippen LogP contribution in [0.15, 0.2) is 35.1 Å². The second-order valence-electron chi connectivity index (χ2n) is 9.30. The Hall–Kier alpha value is -2.51. The highest BCUT2D eigenvalue weighted by atomic mass is 14.7. The van der Waals surface area contributed by atoms with Gasteiger partial charge in [0.05, 0.1) is 23.4 Å². The van der Waals surface area contributed by atoms with Gasteiger partial charge in [0.2, 0.25) is 0 Å². The molecule has 0 saturated carbocycles. The van der Waals surface area contributed by atoms with Crippen LogP contribution in [0.5, 0.6) is 0 Å². The quantitative estimate of drug-likeness (QED) is 0.683. The van der Waals surface area contributed by atoms with Crippen molar-refractivity contribution in [3.05, 3.63) is 35.1 Å². The van der Waals surface area contributed by atoms with Crippen LogP contribution in [0.3, 0.4) is 0 Å². The molecule has 3 rings (SSSR count). The molecular formula is C23H28N4. The summed E-state index contributed by atoms with van der Waals surface area (Å²) in [5.41, 5.74) is 6.62. The van der Waals surface area contributed by atoms with Gasteiger partial charge in [0.15, 0.2) is 5.41 Å². The van der Waals surface area contributed by atoms with E-state index in [2.05, 4.69) is 57.2 Å². The molecule has 4 atom stereocenters. The maximum Gasteiger partial charge on any atom is 0.187 e. The van der Waals surface area contributed by atoms with Gasteiger partial charge < -0.3 is 5.73 Å². The van der Waals surface area contributed by atoms with Crippen molar-refractivity contribution in [3.8, 4) is 18.2 Å². The minimum absolute atomic E-state index is 0.0423. The average Bonchev–Trinajstić information content (AvgIpc) is 2.67. The lowest BCUT2D eigenvalue weighted by Gasteiger charge is -2.49. The van der Waals surface area contributed by atoms with Crippen molar-refractivity contribution in [1.29, 1.82) is 15.8 Å². The molecule has 3 aliphatic rings. The molecule has 0 heterocycles. The van der Waals surface area contributed by atoms with Crippen molar-refractivity contribution in [2.75, 3.05) is 0 Å². The Labute approximate surface area is 162 Å². The molecule has 4 nitrogen and oxygen atoms in total. The van der Waals surface area contributed by atoms with Crippen LogP contribution in [0.2, 0.25) is 0 Å². The SMILES string of the molecule is CC(C)(C)C1CC=C2C(C#N)=C(N)C(C#N)(C#N)C(C3CC=CCC3)C2C1. The topological polar surface area (TPSA) is 97.4 Å². The first-order valence-corrected chi connectivity index (χ1v) is 9.88. The first-order chi connectivity index (χ1) is 12.8. The van der Waals surface area contributed by atoms with Crippen LogP contribution in [0.4, 0.5) is 0 Å². The maximum absolute atomic E-state index is 10.1. The lowest BCUT2D eigenvalue weighted by atomic mass is 9.52. The van der Waals surface area contributed by atoms with Crippen molar-refractivity contribution >= 4 is 0 Å². The summed E-state index contributed by atoms with van der Waals surface area (Å²) >= 11 is 0. The number of nitrogens with two attached hydrogens (primary N) is 1. The summed E-state index contributed by atoms with van der Waals surface area (Å²) in [5.74, 6) is 0.578. The van der Waals surface area contributed by atoms with Crippen molar-refractivity contribution < 1.29 is 0 Å². The smallest absolute Gasteiger partial charge is 0.187 e.